The summed E-state index contributed by atoms with van der Waals surface area (Å²) in [7, 11) is 0. The predicted octanol–water partition coefficient (Wildman–Crippen LogP) is 2.43. The van der Waals surface area contributed by atoms with E-state index in [9.17, 15) is 33.6 Å². The Hall–Kier alpha value is -7.80. The zero-order chi connectivity index (χ0) is 50.1. The van der Waals surface area contributed by atoms with Crippen molar-refractivity contribution < 1.29 is 47.8 Å². The Bertz CT molecular complexity index is 2310. The monoisotopic (exact) mass is 949 g/mol. The van der Waals surface area contributed by atoms with E-state index in [1.807, 2.05) is 44.2 Å². The minimum absolute atomic E-state index is 0.000992. The summed E-state index contributed by atoms with van der Waals surface area (Å²) >= 11 is 0. The molecule has 0 heterocycles. The van der Waals surface area contributed by atoms with Crippen LogP contribution in [0.2, 0.25) is 0 Å². The second kappa shape index (κ2) is 28.4. The van der Waals surface area contributed by atoms with Crippen LogP contribution in [0, 0.1) is 5.92 Å². The van der Waals surface area contributed by atoms with Crippen LogP contribution in [-0.2, 0) is 64.3 Å². The highest BCUT2D eigenvalue weighted by molar-refractivity contribution is 5.96. The number of rotatable bonds is 26. The van der Waals surface area contributed by atoms with Crippen molar-refractivity contribution in [2.24, 2.45) is 28.1 Å². The van der Waals surface area contributed by atoms with Crippen LogP contribution >= 0.6 is 0 Å². The van der Waals surface area contributed by atoms with E-state index in [1.54, 1.807) is 84.9 Å². The number of ether oxygens (including phenoxy) is 3. The number of benzene rings is 4. The standard InChI is InChI=1S/C50H63N9O10/c1-32(2)26-41(46(63)58-40(20-13-25-54-49(52)53)48(65)69-50(66)68-31-37-18-11-6-12-19-37)59-47(64)42(28-34-14-7-4-8-15-34)57-43(60)29-55-44(61)33(3)56-45(62)39(51)27-35-21-23-38(24-22-35)67-30-36-16-9-5-10-17-36/h4-12,14-19,21-24,32-33,39-42H,13,20,25-31,51H2,1-3H3,(H,55,61)(H,56,62)(H,57,60)(H,58,63)(H,59,64)(H4,52,53,54)/t33-,39-,40-,41-,42-/m0/s1. The van der Waals surface area contributed by atoms with E-state index >= 15 is 0 Å². The van der Waals surface area contributed by atoms with Crippen molar-refractivity contribution in [2.45, 2.75) is 96.3 Å². The number of hydrogen-bond donors (Lipinski definition) is 8. The van der Waals surface area contributed by atoms with Gasteiger partial charge in [-0.2, -0.15) is 0 Å². The van der Waals surface area contributed by atoms with Gasteiger partial charge in [0.15, 0.2) is 5.96 Å². The molecule has 0 saturated heterocycles. The van der Waals surface area contributed by atoms with Gasteiger partial charge in [0.25, 0.3) is 0 Å². The molecule has 0 fully saturated rings. The predicted molar refractivity (Wildman–Crippen MR) is 258 cm³/mol. The summed E-state index contributed by atoms with van der Waals surface area (Å²) in [6.45, 7) is 4.85. The lowest BCUT2D eigenvalue weighted by molar-refractivity contribution is -0.145. The molecule has 368 valence electrons. The Labute approximate surface area is 401 Å². The quantitative estimate of drug-likeness (QED) is 0.0148. The van der Waals surface area contributed by atoms with E-state index in [0.717, 1.165) is 11.1 Å². The van der Waals surface area contributed by atoms with Gasteiger partial charge in [0.1, 0.15) is 43.1 Å². The van der Waals surface area contributed by atoms with Crippen molar-refractivity contribution in [2.75, 3.05) is 13.1 Å². The number of esters is 1. The molecular formula is C50H63N9O10. The summed E-state index contributed by atoms with van der Waals surface area (Å²) in [5.41, 5.74) is 20.2. The molecule has 5 amide bonds. The van der Waals surface area contributed by atoms with Crippen LogP contribution in [0.1, 0.15) is 62.3 Å². The topological polar surface area (TPSA) is 298 Å². The minimum Gasteiger partial charge on any atom is -0.489 e. The molecule has 5 atom stereocenters. The molecule has 0 aliphatic carbocycles. The molecule has 69 heavy (non-hydrogen) atoms. The lowest BCUT2D eigenvalue weighted by Gasteiger charge is -2.26. The number of amides is 5. The highest BCUT2D eigenvalue weighted by Crippen LogP contribution is 2.16. The molecule has 19 nitrogen and oxygen atoms in total. The average Bonchev–Trinajstić information content (AvgIpc) is 3.33. The van der Waals surface area contributed by atoms with Crippen LogP contribution in [0.15, 0.2) is 120 Å². The third kappa shape index (κ3) is 20.3. The normalized spacial score (nSPS) is 12.9. The van der Waals surface area contributed by atoms with Crippen molar-refractivity contribution in [3.8, 4) is 5.75 Å². The second-order valence-corrected chi connectivity index (χ2v) is 16.6. The van der Waals surface area contributed by atoms with Gasteiger partial charge in [0.05, 0.1) is 12.6 Å². The molecule has 4 aromatic rings. The van der Waals surface area contributed by atoms with Crippen LogP contribution in [0.5, 0.6) is 5.75 Å². The van der Waals surface area contributed by atoms with E-state index < -0.39 is 78.4 Å². The molecule has 0 saturated carbocycles. The molecule has 4 rings (SSSR count). The molecule has 0 bridgehead atoms. The summed E-state index contributed by atoms with van der Waals surface area (Å²) in [6.07, 6.45) is -0.840. The summed E-state index contributed by atoms with van der Waals surface area (Å²) in [4.78, 5) is 96.9. The van der Waals surface area contributed by atoms with E-state index in [1.165, 1.54) is 6.92 Å². The summed E-state index contributed by atoms with van der Waals surface area (Å²) in [5, 5.41) is 13.0. The molecule has 0 aliphatic heterocycles. The Morgan fingerprint density at radius 2 is 1.14 bits per heavy atom. The molecule has 0 aliphatic rings. The summed E-state index contributed by atoms with van der Waals surface area (Å²) < 4.78 is 15.8. The largest absolute Gasteiger partial charge is 0.516 e. The van der Waals surface area contributed by atoms with Crippen molar-refractivity contribution in [1.29, 1.82) is 0 Å². The molecule has 0 spiro atoms. The van der Waals surface area contributed by atoms with Crippen molar-refractivity contribution in [1.82, 2.24) is 26.6 Å². The maximum absolute atomic E-state index is 14.0. The average molecular weight is 950 g/mol. The molecule has 0 unspecified atom stereocenters. The third-order valence-electron chi connectivity index (χ3n) is 10.3. The van der Waals surface area contributed by atoms with E-state index in [4.69, 9.17) is 31.4 Å². The Morgan fingerprint density at radius 3 is 1.74 bits per heavy atom. The van der Waals surface area contributed by atoms with Crippen LogP contribution in [0.4, 0.5) is 4.79 Å². The molecule has 4 aromatic carbocycles. The van der Waals surface area contributed by atoms with Gasteiger partial charge in [-0.05, 0) is 72.9 Å². The summed E-state index contributed by atoms with van der Waals surface area (Å²) in [5.74, 6) is -4.29. The van der Waals surface area contributed by atoms with Gasteiger partial charge < -0.3 is 58.0 Å². The van der Waals surface area contributed by atoms with Gasteiger partial charge in [-0.3, -0.25) is 29.0 Å². The number of guanidine groups is 1. The first-order chi connectivity index (χ1) is 33.1. The number of aliphatic imine (C=N–C) groups is 1. The molecule has 0 aromatic heterocycles. The van der Waals surface area contributed by atoms with Gasteiger partial charge in [0, 0.05) is 13.0 Å². The van der Waals surface area contributed by atoms with Gasteiger partial charge in [0.2, 0.25) is 29.5 Å². The van der Waals surface area contributed by atoms with Gasteiger partial charge in [-0.1, -0.05) is 117 Å². The number of carbonyl (C=O) groups excluding carboxylic acids is 7. The fourth-order valence-corrected chi connectivity index (χ4v) is 6.72. The number of carbonyl (C=O) groups is 7. The van der Waals surface area contributed by atoms with Gasteiger partial charge in [-0.15, -0.1) is 0 Å². The number of nitrogens with zero attached hydrogens (tertiary/aromatic N) is 1. The van der Waals surface area contributed by atoms with E-state index in [2.05, 4.69) is 31.6 Å². The number of nitrogens with two attached hydrogens (primary N) is 3. The Balaban J connectivity index is 1.34. The van der Waals surface area contributed by atoms with Crippen molar-refractivity contribution in [3.05, 3.63) is 138 Å². The van der Waals surface area contributed by atoms with E-state index in [0.29, 0.717) is 23.5 Å². The van der Waals surface area contributed by atoms with Crippen LogP contribution in [0.3, 0.4) is 0 Å². The fraction of sp³-hybridized carbons (Fsp3) is 0.360. The minimum atomic E-state index is -1.38. The zero-order valence-corrected chi connectivity index (χ0v) is 39.1. The van der Waals surface area contributed by atoms with Crippen molar-refractivity contribution in [3.63, 3.8) is 0 Å². The van der Waals surface area contributed by atoms with Gasteiger partial charge >= 0.3 is 12.1 Å². The zero-order valence-electron chi connectivity index (χ0n) is 39.1. The fourth-order valence-electron chi connectivity index (χ4n) is 6.72. The third-order valence-corrected chi connectivity index (χ3v) is 10.3. The number of nitrogens with one attached hydrogen (secondary N) is 5. The molecular weight excluding hydrogens is 887 g/mol. The molecule has 11 N–H and O–H groups in total. The first-order valence-corrected chi connectivity index (χ1v) is 22.6. The number of hydrogen-bond acceptors (Lipinski definition) is 12. The highest BCUT2D eigenvalue weighted by Gasteiger charge is 2.32. The van der Waals surface area contributed by atoms with Crippen LogP contribution in [-0.4, -0.2) is 90.9 Å². The van der Waals surface area contributed by atoms with Crippen LogP contribution < -0.4 is 48.5 Å². The maximum atomic E-state index is 14.0. The van der Waals surface area contributed by atoms with Crippen molar-refractivity contribution >= 4 is 47.6 Å². The summed E-state index contributed by atoms with van der Waals surface area (Å²) in [6, 6.07) is 28.5. The van der Waals surface area contributed by atoms with Crippen LogP contribution in [0.25, 0.3) is 0 Å². The SMILES string of the molecule is CC(C)C[C@H](NC(=O)[C@H](Cc1ccccc1)NC(=O)CNC(=O)[C@H](C)NC(=O)[C@@H](N)Cc1ccc(OCc2ccccc2)cc1)C(=O)N[C@@H](CCCN=C(N)N)C(=O)OC(=O)OCc1ccccc1. The van der Waals surface area contributed by atoms with E-state index in [-0.39, 0.29) is 57.1 Å². The second-order valence-electron chi connectivity index (χ2n) is 16.6. The Kier molecular flexibility index (Phi) is 22.1. The Morgan fingerprint density at radius 1 is 0.594 bits per heavy atom. The lowest BCUT2D eigenvalue weighted by Crippen LogP contribution is -2.57. The van der Waals surface area contributed by atoms with Gasteiger partial charge in [-0.25, -0.2) is 9.59 Å². The first kappa shape index (κ1) is 53.8. The highest BCUT2D eigenvalue weighted by atomic mass is 16.7. The maximum Gasteiger partial charge on any atom is 0.516 e. The molecule has 0 radical (unpaired) electrons. The first-order valence-electron chi connectivity index (χ1n) is 22.6. The lowest BCUT2D eigenvalue weighted by atomic mass is 10.0. The smallest absolute Gasteiger partial charge is 0.489 e. The molecule has 19 heteroatoms.